The van der Waals surface area contributed by atoms with Crippen LogP contribution in [-0.4, -0.2) is 16.5 Å². The van der Waals surface area contributed by atoms with Gasteiger partial charge in [0, 0.05) is 18.0 Å². The minimum Gasteiger partial charge on any atom is -0.308 e. The second-order valence-electron chi connectivity index (χ2n) is 4.44. The Hall–Kier alpha value is -1.33. The van der Waals surface area contributed by atoms with Gasteiger partial charge in [-0.25, -0.2) is 9.37 Å². The zero-order valence-corrected chi connectivity index (χ0v) is 12.0. The fourth-order valence-electron chi connectivity index (χ4n) is 1.95. The summed E-state index contributed by atoms with van der Waals surface area (Å²) in [5, 5.41) is 6.40. The standard InChI is InChI=1S/C14H18FN3S/c1-3-6-16-13(8-11-9-19-10(2)18-11)14-12(15)5-4-7-17-14/h4-5,7,9,13,16H,3,6,8H2,1-2H3. The highest BCUT2D eigenvalue weighted by Crippen LogP contribution is 2.20. The van der Waals surface area contributed by atoms with E-state index in [1.54, 1.807) is 23.6 Å². The normalized spacial score (nSPS) is 12.6. The van der Waals surface area contributed by atoms with Crippen molar-refractivity contribution in [1.29, 1.82) is 0 Å². The first-order chi connectivity index (χ1) is 9.20. The first-order valence-corrected chi connectivity index (χ1v) is 7.33. The zero-order chi connectivity index (χ0) is 13.7. The number of nitrogens with one attached hydrogen (secondary N) is 1. The van der Waals surface area contributed by atoms with Crippen LogP contribution >= 0.6 is 11.3 Å². The predicted octanol–water partition coefficient (Wildman–Crippen LogP) is 3.27. The molecule has 0 fully saturated rings. The highest BCUT2D eigenvalue weighted by atomic mass is 32.1. The lowest BCUT2D eigenvalue weighted by molar-refractivity contribution is 0.480. The van der Waals surface area contributed by atoms with Crippen LogP contribution in [0.5, 0.6) is 0 Å². The van der Waals surface area contributed by atoms with Crippen LogP contribution in [0.2, 0.25) is 0 Å². The van der Waals surface area contributed by atoms with Crippen LogP contribution < -0.4 is 5.32 Å². The SMILES string of the molecule is CCCNC(Cc1csc(C)n1)c1ncccc1F. The summed E-state index contributed by atoms with van der Waals surface area (Å²) in [6, 6.07) is 2.94. The molecule has 102 valence electrons. The van der Waals surface area contributed by atoms with Crippen molar-refractivity contribution in [2.45, 2.75) is 32.7 Å². The van der Waals surface area contributed by atoms with E-state index >= 15 is 0 Å². The van der Waals surface area contributed by atoms with Crippen LogP contribution in [0.1, 0.15) is 35.8 Å². The molecule has 1 N–H and O–H groups in total. The molecule has 2 aromatic rings. The summed E-state index contributed by atoms with van der Waals surface area (Å²) in [6.07, 6.45) is 3.30. The van der Waals surface area contributed by atoms with Gasteiger partial charge in [-0.05, 0) is 32.0 Å². The maximum absolute atomic E-state index is 13.9. The van der Waals surface area contributed by atoms with Crippen LogP contribution in [0, 0.1) is 12.7 Å². The molecule has 3 nitrogen and oxygen atoms in total. The topological polar surface area (TPSA) is 37.8 Å². The van der Waals surface area contributed by atoms with E-state index < -0.39 is 0 Å². The molecule has 2 heterocycles. The Morgan fingerprint density at radius 3 is 2.95 bits per heavy atom. The average Bonchev–Trinajstić information content (AvgIpc) is 2.81. The third-order valence-electron chi connectivity index (χ3n) is 2.84. The van der Waals surface area contributed by atoms with Crippen LogP contribution in [-0.2, 0) is 6.42 Å². The molecule has 19 heavy (non-hydrogen) atoms. The number of hydrogen-bond acceptors (Lipinski definition) is 4. The molecule has 2 aromatic heterocycles. The van der Waals surface area contributed by atoms with E-state index in [2.05, 4.69) is 22.2 Å². The Morgan fingerprint density at radius 2 is 2.32 bits per heavy atom. The van der Waals surface area contributed by atoms with Gasteiger partial charge in [-0.3, -0.25) is 4.98 Å². The highest BCUT2D eigenvalue weighted by molar-refractivity contribution is 7.09. The molecular formula is C14H18FN3S. The number of aromatic nitrogens is 2. The van der Waals surface area contributed by atoms with Crippen LogP contribution in [0.25, 0.3) is 0 Å². The molecular weight excluding hydrogens is 261 g/mol. The second kappa shape index (κ2) is 6.73. The third-order valence-corrected chi connectivity index (χ3v) is 3.66. The van der Waals surface area contributed by atoms with E-state index in [4.69, 9.17) is 0 Å². The summed E-state index contributed by atoms with van der Waals surface area (Å²) in [6.45, 7) is 4.90. The summed E-state index contributed by atoms with van der Waals surface area (Å²) in [4.78, 5) is 8.61. The van der Waals surface area contributed by atoms with Gasteiger partial charge < -0.3 is 5.32 Å². The summed E-state index contributed by atoms with van der Waals surface area (Å²) < 4.78 is 13.9. The maximum atomic E-state index is 13.9. The highest BCUT2D eigenvalue weighted by Gasteiger charge is 2.18. The predicted molar refractivity (Wildman–Crippen MR) is 75.8 cm³/mol. The Labute approximate surface area is 116 Å². The second-order valence-corrected chi connectivity index (χ2v) is 5.50. The Balaban J connectivity index is 2.18. The summed E-state index contributed by atoms with van der Waals surface area (Å²) in [5.41, 5.74) is 1.46. The molecule has 1 unspecified atom stereocenters. The number of thiazole rings is 1. The van der Waals surface area contributed by atoms with Gasteiger partial charge in [0.05, 0.1) is 22.4 Å². The van der Waals surface area contributed by atoms with Crippen molar-refractivity contribution in [1.82, 2.24) is 15.3 Å². The molecule has 2 rings (SSSR count). The van der Waals surface area contributed by atoms with E-state index in [9.17, 15) is 4.39 Å². The summed E-state index contributed by atoms with van der Waals surface area (Å²) >= 11 is 1.62. The Morgan fingerprint density at radius 1 is 1.47 bits per heavy atom. The van der Waals surface area contributed by atoms with Gasteiger partial charge in [0.25, 0.3) is 0 Å². The van der Waals surface area contributed by atoms with Gasteiger partial charge in [0.1, 0.15) is 5.82 Å². The molecule has 0 spiro atoms. The van der Waals surface area contributed by atoms with E-state index in [0.29, 0.717) is 12.1 Å². The van der Waals surface area contributed by atoms with E-state index in [1.807, 2.05) is 12.3 Å². The maximum Gasteiger partial charge on any atom is 0.146 e. The molecule has 0 aliphatic carbocycles. The lowest BCUT2D eigenvalue weighted by atomic mass is 10.1. The van der Waals surface area contributed by atoms with Gasteiger partial charge in [0.2, 0.25) is 0 Å². The molecule has 0 aromatic carbocycles. The van der Waals surface area contributed by atoms with Crippen molar-refractivity contribution in [2.24, 2.45) is 0 Å². The van der Waals surface area contributed by atoms with Gasteiger partial charge >= 0.3 is 0 Å². The average molecular weight is 279 g/mol. The first kappa shape index (κ1) is 14.1. The van der Waals surface area contributed by atoms with Crippen molar-refractivity contribution in [3.05, 3.63) is 45.9 Å². The monoisotopic (exact) mass is 279 g/mol. The lowest BCUT2D eigenvalue weighted by Crippen LogP contribution is -2.26. The van der Waals surface area contributed by atoms with Crippen molar-refractivity contribution in [3.8, 4) is 0 Å². The first-order valence-electron chi connectivity index (χ1n) is 6.45. The number of pyridine rings is 1. The number of halogens is 1. The molecule has 0 amide bonds. The molecule has 0 saturated heterocycles. The lowest BCUT2D eigenvalue weighted by Gasteiger charge is -2.17. The quantitative estimate of drug-likeness (QED) is 0.882. The fraction of sp³-hybridized carbons (Fsp3) is 0.429. The number of rotatable bonds is 6. The van der Waals surface area contributed by atoms with Gasteiger partial charge in [0.15, 0.2) is 0 Å². The van der Waals surface area contributed by atoms with Gasteiger partial charge in [-0.15, -0.1) is 11.3 Å². The minimum absolute atomic E-state index is 0.123. The molecule has 1 atom stereocenters. The number of aryl methyl sites for hydroxylation is 1. The summed E-state index contributed by atoms with van der Waals surface area (Å²) in [5.74, 6) is -0.261. The van der Waals surface area contributed by atoms with E-state index in [-0.39, 0.29) is 11.9 Å². The van der Waals surface area contributed by atoms with E-state index in [1.165, 1.54) is 6.07 Å². The molecule has 0 aliphatic heterocycles. The van der Waals surface area contributed by atoms with Crippen LogP contribution in [0.4, 0.5) is 4.39 Å². The molecule has 0 saturated carbocycles. The smallest absolute Gasteiger partial charge is 0.146 e. The molecule has 0 aliphatic rings. The van der Waals surface area contributed by atoms with E-state index in [0.717, 1.165) is 23.7 Å². The Bertz CT molecular complexity index is 527. The third kappa shape index (κ3) is 3.81. The van der Waals surface area contributed by atoms with Gasteiger partial charge in [-0.2, -0.15) is 0 Å². The van der Waals surface area contributed by atoms with Crippen molar-refractivity contribution in [2.75, 3.05) is 6.54 Å². The molecule has 5 heteroatoms. The summed E-state index contributed by atoms with van der Waals surface area (Å²) in [7, 11) is 0. The molecule has 0 radical (unpaired) electrons. The number of nitrogens with zero attached hydrogens (tertiary/aromatic N) is 2. The molecule has 0 bridgehead atoms. The Kier molecular flexibility index (Phi) is 4.99. The van der Waals surface area contributed by atoms with Crippen LogP contribution in [0.3, 0.4) is 0 Å². The largest absolute Gasteiger partial charge is 0.308 e. The van der Waals surface area contributed by atoms with Crippen LogP contribution in [0.15, 0.2) is 23.7 Å². The fourth-order valence-corrected chi connectivity index (χ4v) is 2.58. The van der Waals surface area contributed by atoms with Gasteiger partial charge in [-0.1, -0.05) is 6.92 Å². The van der Waals surface area contributed by atoms with Crippen molar-refractivity contribution >= 4 is 11.3 Å². The van der Waals surface area contributed by atoms with Crippen molar-refractivity contribution < 1.29 is 4.39 Å². The van der Waals surface area contributed by atoms with Crippen molar-refractivity contribution in [3.63, 3.8) is 0 Å². The zero-order valence-electron chi connectivity index (χ0n) is 11.2. The minimum atomic E-state index is -0.261. The number of hydrogen-bond donors (Lipinski definition) is 1.